The molecule has 3 aromatic carbocycles. The fraction of sp³-hybridized carbons (Fsp3) is 0.0800. The largest absolute Gasteiger partial charge is 0.503 e. The van der Waals surface area contributed by atoms with Crippen molar-refractivity contribution in [3.05, 3.63) is 95.3 Å². The summed E-state index contributed by atoms with van der Waals surface area (Å²) < 4.78 is 59.5. The molecule has 4 rings (SSSR count). The number of hydrogen-bond acceptors (Lipinski definition) is 4. The van der Waals surface area contributed by atoms with Crippen LogP contribution in [0, 0.1) is 5.82 Å². The Hall–Kier alpha value is -4.27. The van der Waals surface area contributed by atoms with Gasteiger partial charge in [-0.1, -0.05) is 6.07 Å². The molecule has 1 aromatic heterocycles. The molecular weight excluding hydrogens is 454 g/mol. The summed E-state index contributed by atoms with van der Waals surface area (Å²) >= 11 is 0. The molecule has 0 aliphatic heterocycles. The Bertz CT molecular complexity index is 1360. The van der Waals surface area contributed by atoms with Gasteiger partial charge < -0.3 is 14.9 Å². The first-order valence-electron chi connectivity index (χ1n) is 9.90. The Balaban J connectivity index is 1.99. The number of rotatable bonds is 5. The number of aromatic nitrogens is 1. The molecule has 4 aromatic rings. The van der Waals surface area contributed by atoms with E-state index in [1.165, 1.54) is 49.6 Å². The predicted molar refractivity (Wildman–Crippen MR) is 116 cm³/mol. The highest BCUT2D eigenvalue weighted by atomic mass is 19.4. The molecule has 2 N–H and O–H groups in total. The van der Waals surface area contributed by atoms with Crippen molar-refractivity contribution >= 4 is 5.78 Å². The van der Waals surface area contributed by atoms with E-state index in [-0.39, 0.29) is 28.1 Å². The summed E-state index contributed by atoms with van der Waals surface area (Å²) in [4.78, 5) is 13.4. The maximum absolute atomic E-state index is 13.6. The monoisotopic (exact) mass is 471 g/mol. The number of halogens is 4. The van der Waals surface area contributed by atoms with Gasteiger partial charge in [0.2, 0.25) is 5.88 Å². The van der Waals surface area contributed by atoms with Gasteiger partial charge in [0.1, 0.15) is 11.6 Å². The molecule has 0 radical (unpaired) electrons. The Morgan fingerprint density at radius 1 is 0.941 bits per heavy atom. The van der Waals surface area contributed by atoms with Crippen LogP contribution in [-0.4, -0.2) is 27.7 Å². The molecule has 1 heterocycles. The number of methoxy groups -OCH3 is 1. The summed E-state index contributed by atoms with van der Waals surface area (Å²) in [5.74, 6) is -2.48. The molecule has 0 amide bonds. The molecule has 0 bridgehead atoms. The smallest absolute Gasteiger partial charge is 0.416 e. The van der Waals surface area contributed by atoms with Crippen LogP contribution in [0.2, 0.25) is 0 Å². The number of hydrogen-bond donors (Lipinski definition) is 2. The lowest BCUT2D eigenvalue weighted by Crippen LogP contribution is -2.07. The molecule has 0 saturated carbocycles. The average molecular weight is 471 g/mol. The molecule has 0 atom stereocenters. The zero-order valence-corrected chi connectivity index (χ0v) is 17.6. The lowest BCUT2D eigenvalue weighted by Gasteiger charge is -2.14. The van der Waals surface area contributed by atoms with E-state index in [0.29, 0.717) is 5.75 Å². The molecule has 0 unspecified atom stereocenters. The highest BCUT2D eigenvalue weighted by Crippen LogP contribution is 2.44. The van der Waals surface area contributed by atoms with E-state index in [9.17, 15) is 32.6 Å². The van der Waals surface area contributed by atoms with Gasteiger partial charge in [-0.2, -0.15) is 13.2 Å². The number of ketones is 1. The lowest BCUT2D eigenvalue weighted by molar-refractivity contribution is -0.137. The van der Waals surface area contributed by atoms with Crippen molar-refractivity contribution in [3.63, 3.8) is 0 Å². The molecular formula is C25H17F4NO4. The van der Waals surface area contributed by atoms with Gasteiger partial charge in [-0.05, 0) is 72.3 Å². The minimum Gasteiger partial charge on any atom is -0.503 e. The normalized spacial score (nSPS) is 11.4. The fourth-order valence-corrected chi connectivity index (χ4v) is 3.60. The first-order chi connectivity index (χ1) is 16.1. The molecule has 174 valence electrons. The molecule has 0 aliphatic rings. The minimum atomic E-state index is -4.67. The third kappa shape index (κ3) is 4.07. The van der Waals surface area contributed by atoms with Gasteiger partial charge in [-0.15, -0.1) is 0 Å². The van der Waals surface area contributed by atoms with Crippen LogP contribution in [0.4, 0.5) is 17.6 Å². The van der Waals surface area contributed by atoms with Crippen LogP contribution in [0.25, 0.3) is 16.9 Å². The molecule has 9 heteroatoms. The predicted octanol–water partition coefficient (Wildman–Crippen LogP) is 5.95. The number of ether oxygens (including phenoxy) is 1. The molecule has 0 saturated heterocycles. The van der Waals surface area contributed by atoms with Gasteiger partial charge >= 0.3 is 6.18 Å². The summed E-state index contributed by atoms with van der Waals surface area (Å²) in [5.41, 5.74) is -1.30. The topological polar surface area (TPSA) is 71.7 Å². The van der Waals surface area contributed by atoms with Crippen LogP contribution in [0.3, 0.4) is 0 Å². The van der Waals surface area contributed by atoms with Gasteiger partial charge in [-0.25, -0.2) is 4.39 Å². The van der Waals surface area contributed by atoms with Crippen molar-refractivity contribution in [3.8, 4) is 34.3 Å². The third-order valence-corrected chi connectivity index (χ3v) is 5.25. The Morgan fingerprint density at radius 2 is 1.59 bits per heavy atom. The van der Waals surface area contributed by atoms with E-state index < -0.39 is 35.0 Å². The zero-order chi connectivity index (χ0) is 24.6. The van der Waals surface area contributed by atoms with E-state index in [1.807, 2.05) is 0 Å². The van der Waals surface area contributed by atoms with E-state index in [2.05, 4.69) is 0 Å². The first-order valence-corrected chi connectivity index (χ1v) is 9.90. The van der Waals surface area contributed by atoms with Crippen molar-refractivity contribution in [1.29, 1.82) is 0 Å². The second-order valence-electron chi connectivity index (χ2n) is 7.34. The second kappa shape index (κ2) is 8.58. The van der Waals surface area contributed by atoms with Crippen LogP contribution in [0.1, 0.15) is 21.5 Å². The van der Waals surface area contributed by atoms with Crippen LogP contribution in [0.5, 0.6) is 17.4 Å². The van der Waals surface area contributed by atoms with Gasteiger partial charge in [0.15, 0.2) is 11.5 Å². The van der Waals surface area contributed by atoms with Crippen molar-refractivity contribution in [2.24, 2.45) is 0 Å². The van der Waals surface area contributed by atoms with Gasteiger partial charge in [0, 0.05) is 11.3 Å². The standard InChI is InChI=1S/C25H17F4NO4/c1-34-19-11-7-15(8-12-19)22(31)20-21(14-5-9-17(26)10-6-14)30(24(33)23(20)32)18-4-2-3-16(13-18)25(27,28)29/h2-13,32-33H,1H3. The summed E-state index contributed by atoms with van der Waals surface area (Å²) in [6.45, 7) is 0. The number of carbonyl (C=O) groups excluding carboxylic acids is 1. The third-order valence-electron chi connectivity index (χ3n) is 5.25. The quantitative estimate of drug-likeness (QED) is 0.279. The van der Waals surface area contributed by atoms with Crippen molar-refractivity contribution in [1.82, 2.24) is 4.57 Å². The summed E-state index contributed by atoms with van der Waals surface area (Å²) in [6, 6.07) is 14.7. The zero-order valence-electron chi connectivity index (χ0n) is 17.6. The summed E-state index contributed by atoms with van der Waals surface area (Å²) in [7, 11) is 1.45. The van der Waals surface area contributed by atoms with Crippen LogP contribution < -0.4 is 4.74 Å². The van der Waals surface area contributed by atoms with Crippen molar-refractivity contribution < 1.29 is 37.3 Å². The molecule has 0 aliphatic carbocycles. The lowest BCUT2D eigenvalue weighted by atomic mass is 9.99. The second-order valence-corrected chi connectivity index (χ2v) is 7.34. The highest BCUT2D eigenvalue weighted by molar-refractivity contribution is 6.15. The maximum atomic E-state index is 13.6. The Morgan fingerprint density at radius 3 is 2.18 bits per heavy atom. The maximum Gasteiger partial charge on any atom is 0.416 e. The Kier molecular flexibility index (Phi) is 5.78. The van der Waals surface area contributed by atoms with Gasteiger partial charge in [-0.3, -0.25) is 9.36 Å². The number of nitrogens with zero attached hydrogens (tertiary/aromatic N) is 1. The summed E-state index contributed by atoms with van der Waals surface area (Å²) in [5, 5.41) is 21.5. The van der Waals surface area contributed by atoms with E-state index >= 15 is 0 Å². The number of benzene rings is 3. The fourth-order valence-electron chi connectivity index (χ4n) is 3.60. The van der Waals surface area contributed by atoms with E-state index in [1.54, 1.807) is 0 Å². The minimum absolute atomic E-state index is 0.102. The van der Waals surface area contributed by atoms with Crippen LogP contribution in [-0.2, 0) is 6.18 Å². The summed E-state index contributed by atoms with van der Waals surface area (Å²) in [6.07, 6.45) is -4.67. The van der Waals surface area contributed by atoms with E-state index in [0.717, 1.165) is 34.9 Å². The molecule has 0 spiro atoms. The van der Waals surface area contributed by atoms with Crippen LogP contribution in [0.15, 0.2) is 72.8 Å². The Labute approximate surface area is 191 Å². The molecule has 0 fully saturated rings. The number of carbonyl (C=O) groups is 1. The highest BCUT2D eigenvalue weighted by Gasteiger charge is 2.33. The number of aromatic hydroxyl groups is 2. The molecule has 34 heavy (non-hydrogen) atoms. The molecule has 5 nitrogen and oxygen atoms in total. The first kappa shape index (κ1) is 22.9. The van der Waals surface area contributed by atoms with Crippen LogP contribution >= 0.6 is 0 Å². The number of alkyl halides is 3. The van der Waals surface area contributed by atoms with Crippen molar-refractivity contribution in [2.45, 2.75) is 6.18 Å². The van der Waals surface area contributed by atoms with E-state index in [4.69, 9.17) is 4.74 Å². The van der Waals surface area contributed by atoms with Gasteiger partial charge in [0.05, 0.1) is 23.9 Å². The van der Waals surface area contributed by atoms with Gasteiger partial charge in [0.25, 0.3) is 0 Å². The van der Waals surface area contributed by atoms with Crippen molar-refractivity contribution in [2.75, 3.05) is 7.11 Å². The average Bonchev–Trinajstić information content (AvgIpc) is 3.09. The SMILES string of the molecule is COc1ccc(C(=O)c2c(O)c(O)n(-c3cccc(C(F)(F)F)c3)c2-c2ccc(F)cc2)cc1.